The van der Waals surface area contributed by atoms with Crippen LogP contribution in [-0.4, -0.2) is 64.2 Å². The van der Waals surface area contributed by atoms with E-state index >= 15 is 0 Å². The molecule has 0 spiro atoms. The zero-order valence-corrected chi connectivity index (χ0v) is 22.4. The molecule has 2 aromatic heterocycles. The standard InChI is InChI=1S/C26H30F3N5O3S/c1-15(2)34-5-6-36-22(13-34)14-37-21-8-18(7-19(9-21)24-30-10-16(3)38-24)23(35)33-17(4)20-11-31-25(32-12-20)26(27,28)29/h7-12,15,17,22H,5-6,13-14H2,1-4H3,(H,33,35)/t17?,22-/m0/s1. The van der Waals surface area contributed by atoms with Crippen LogP contribution in [0.15, 0.2) is 36.8 Å². The summed E-state index contributed by atoms with van der Waals surface area (Å²) < 4.78 is 50.3. The first-order chi connectivity index (χ1) is 18.0. The topological polar surface area (TPSA) is 89.5 Å². The van der Waals surface area contributed by atoms with Crippen LogP contribution < -0.4 is 10.1 Å². The third-order valence-corrected chi connectivity index (χ3v) is 7.11. The third-order valence-electron chi connectivity index (χ3n) is 6.15. The number of nitrogens with zero attached hydrogens (tertiary/aromatic N) is 4. The van der Waals surface area contributed by atoms with E-state index < -0.39 is 23.9 Å². The van der Waals surface area contributed by atoms with Crippen molar-refractivity contribution in [3.8, 4) is 16.3 Å². The van der Waals surface area contributed by atoms with Crippen LogP contribution in [0.1, 0.15) is 53.4 Å². The highest BCUT2D eigenvalue weighted by Gasteiger charge is 2.34. The van der Waals surface area contributed by atoms with Crippen molar-refractivity contribution < 1.29 is 27.4 Å². The number of aryl methyl sites for hydroxylation is 1. The summed E-state index contributed by atoms with van der Waals surface area (Å²) in [5, 5.41) is 3.54. The minimum atomic E-state index is -4.63. The average Bonchev–Trinajstić information content (AvgIpc) is 3.33. The van der Waals surface area contributed by atoms with Crippen molar-refractivity contribution in [3.63, 3.8) is 0 Å². The second-order valence-electron chi connectivity index (χ2n) is 9.45. The van der Waals surface area contributed by atoms with Crippen molar-refractivity contribution in [3.05, 3.63) is 58.6 Å². The second kappa shape index (κ2) is 11.7. The fourth-order valence-corrected chi connectivity index (χ4v) is 4.75. The van der Waals surface area contributed by atoms with E-state index in [0.29, 0.717) is 36.1 Å². The van der Waals surface area contributed by atoms with Crippen molar-refractivity contribution in [1.82, 2.24) is 25.2 Å². The maximum atomic E-state index is 13.2. The maximum Gasteiger partial charge on any atom is 0.451 e. The van der Waals surface area contributed by atoms with Crippen molar-refractivity contribution in [1.29, 1.82) is 0 Å². The molecule has 204 valence electrons. The Balaban J connectivity index is 1.51. The van der Waals surface area contributed by atoms with Crippen LogP contribution in [0.4, 0.5) is 13.2 Å². The summed E-state index contributed by atoms with van der Waals surface area (Å²) in [6.45, 7) is 10.5. The summed E-state index contributed by atoms with van der Waals surface area (Å²) in [5.41, 5.74) is 1.40. The Morgan fingerprint density at radius 3 is 2.55 bits per heavy atom. The van der Waals surface area contributed by atoms with E-state index in [4.69, 9.17) is 9.47 Å². The molecule has 1 amide bonds. The number of halogens is 3. The first-order valence-corrected chi connectivity index (χ1v) is 13.1. The summed E-state index contributed by atoms with van der Waals surface area (Å²) in [6, 6.07) is 4.97. The normalized spacial score (nSPS) is 17.4. The van der Waals surface area contributed by atoms with Gasteiger partial charge in [0.1, 0.15) is 23.5 Å². The highest BCUT2D eigenvalue weighted by Crippen LogP contribution is 2.30. The molecule has 3 aromatic rings. The number of benzene rings is 1. The summed E-state index contributed by atoms with van der Waals surface area (Å²) in [4.78, 5) is 27.7. The zero-order chi connectivity index (χ0) is 27.4. The Morgan fingerprint density at radius 2 is 1.92 bits per heavy atom. The lowest BCUT2D eigenvalue weighted by atomic mass is 10.1. The molecule has 2 atom stereocenters. The van der Waals surface area contributed by atoms with E-state index in [0.717, 1.165) is 40.9 Å². The average molecular weight is 550 g/mol. The number of hydrogen-bond acceptors (Lipinski definition) is 8. The number of carbonyl (C=O) groups excluding carboxylic acids is 1. The smallest absolute Gasteiger partial charge is 0.451 e. The summed E-state index contributed by atoms with van der Waals surface area (Å²) >= 11 is 1.50. The second-order valence-corrected chi connectivity index (χ2v) is 10.7. The van der Waals surface area contributed by atoms with Crippen LogP contribution in [0.2, 0.25) is 0 Å². The number of rotatable bonds is 8. The molecule has 1 N–H and O–H groups in total. The predicted octanol–water partition coefficient (Wildman–Crippen LogP) is 4.91. The van der Waals surface area contributed by atoms with Crippen LogP contribution in [0.3, 0.4) is 0 Å². The van der Waals surface area contributed by atoms with Crippen LogP contribution in [0, 0.1) is 6.92 Å². The number of hydrogen-bond donors (Lipinski definition) is 1. The van der Waals surface area contributed by atoms with E-state index in [1.165, 1.54) is 11.3 Å². The van der Waals surface area contributed by atoms with Crippen LogP contribution in [-0.2, 0) is 10.9 Å². The molecule has 12 heteroatoms. The highest BCUT2D eigenvalue weighted by molar-refractivity contribution is 7.14. The van der Waals surface area contributed by atoms with Gasteiger partial charge in [0.2, 0.25) is 5.82 Å². The fraction of sp³-hybridized carbons (Fsp3) is 0.462. The molecule has 0 aliphatic carbocycles. The van der Waals surface area contributed by atoms with Gasteiger partial charge in [-0.1, -0.05) is 0 Å². The molecular formula is C26H30F3N5O3S. The molecule has 0 saturated carbocycles. The SMILES string of the molecule is Cc1cnc(-c2cc(OC[C@@H]3CN(C(C)C)CCO3)cc(C(=O)NC(C)c3cnc(C(F)(F)F)nc3)c2)s1. The van der Waals surface area contributed by atoms with Gasteiger partial charge < -0.3 is 14.8 Å². The maximum absolute atomic E-state index is 13.2. The first kappa shape index (κ1) is 27.9. The lowest BCUT2D eigenvalue weighted by molar-refractivity contribution is -0.145. The lowest BCUT2D eigenvalue weighted by Crippen LogP contribution is -2.47. The summed E-state index contributed by atoms with van der Waals surface area (Å²) in [5.74, 6) is -1.15. The minimum Gasteiger partial charge on any atom is -0.491 e. The number of nitrogens with one attached hydrogen (secondary N) is 1. The van der Waals surface area contributed by atoms with Gasteiger partial charge in [0, 0.05) is 59.3 Å². The number of carbonyl (C=O) groups is 1. The molecular weight excluding hydrogens is 519 g/mol. The van der Waals surface area contributed by atoms with Gasteiger partial charge >= 0.3 is 6.18 Å². The van der Waals surface area contributed by atoms with Gasteiger partial charge in [-0.3, -0.25) is 9.69 Å². The summed E-state index contributed by atoms with van der Waals surface area (Å²) in [6.07, 6.45) is -0.847. The van der Waals surface area contributed by atoms with Gasteiger partial charge in [-0.25, -0.2) is 15.0 Å². The van der Waals surface area contributed by atoms with Crippen molar-refractivity contribution in [2.24, 2.45) is 0 Å². The summed E-state index contributed by atoms with van der Waals surface area (Å²) in [7, 11) is 0. The predicted molar refractivity (Wildman–Crippen MR) is 137 cm³/mol. The molecule has 8 nitrogen and oxygen atoms in total. The molecule has 1 saturated heterocycles. The Labute approximate surface area is 223 Å². The monoisotopic (exact) mass is 549 g/mol. The van der Waals surface area contributed by atoms with Crippen molar-refractivity contribution in [2.75, 3.05) is 26.3 Å². The molecule has 0 radical (unpaired) electrons. The lowest BCUT2D eigenvalue weighted by Gasteiger charge is -2.35. The van der Waals surface area contributed by atoms with Crippen LogP contribution in [0.5, 0.6) is 5.75 Å². The molecule has 1 fully saturated rings. The number of ether oxygens (including phenoxy) is 2. The minimum absolute atomic E-state index is 0.103. The van der Waals surface area contributed by atoms with Gasteiger partial charge in [0.25, 0.3) is 5.91 Å². The molecule has 4 rings (SSSR count). The van der Waals surface area contributed by atoms with Gasteiger partial charge in [-0.05, 0) is 45.9 Å². The van der Waals surface area contributed by atoms with Gasteiger partial charge in [-0.2, -0.15) is 13.2 Å². The van der Waals surface area contributed by atoms with Gasteiger partial charge in [0.05, 0.1) is 12.6 Å². The molecule has 0 bridgehead atoms. The largest absolute Gasteiger partial charge is 0.491 e. The molecule has 3 heterocycles. The number of morpholine rings is 1. The third kappa shape index (κ3) is 7.06. The van der Waals surface area contributed by atoms with Gasteiger partial charge in [-0.15, -0.1) is 11.3 Å². The van der Waals surface area contributed by atoms with E-state index in [-0.39, 0.29) is 6.10 Å². The number of amides is 1. The van der Waals surface area contributed by atoms with Gasteiger partial charge in [0.15, 0.2) is 0 Å². The van der Waals surface area contributed by atoms with E-state index in [9.17, 15) is 18.0 Å². The van der Waals surface area contributed by atoms with E-state index in [1.807, 2.05) is 13.0 Å². The number of alkyl halides is 3. The number of thiazole rings is 1. The molecule has 1 aromatic carbocycles. The van der Waals surface area contributed by atoms with Crippen molar-refractivity contribution >= 4 is 17.2 Å². The molecule has 38 heavy (non-hydrogen) atoms. The number of aromatic nitrogens is 3. The molecule has 1 unspecified atom stereocenters. The molecule has 1 aliphatic heterocycles. The van der Waals surface area contributed by atoms with E-state index in [2.05, 4.69) is 39.0 Å². The van der Waals surface area contributed by atoms with Crippen LogP contribution in [0.25, 0.3) is 10.6 Å². The highest BCUT2D eigenvalue weighted by atomic mass is 32.1. The Hall–Kier alpha value is -3.09. The quantitative estimate of drug-likeness (QED) is 0.427. The van der Waals surface area contributed by atoms with Crippen molar-refractivity contribution in [2.45, 2.75) is 52.1 Å². The Bertz CT molecular complexity index is 1250. The first-order valence-electron chi connectivity index (χ1n) is 12.3. The van der Waals surface area contributed by atoms with E-state index in [1.54, 1.807) is 25.3 Å². The Morgan fingerprint density at radius 1 is 1.18 bits per heavy atom. The van der Waals surface area contributed by atoms with Crippen LogP contribution >= 0.6 is 11.3 Å². The Kier molecular flexibility index (Phi) is 8.64. The zero-order valence-electron chi connectivity index (χ0n) is 21.6. The molecule has 1 aliphatic rings. The fourth-order valence-electron chi connectivity index (χ4n) is 4.00.